The third-order valence-electron chi connectivity index (χ3n) is 5.08. The number of ether oxygens (including phenoxy) is 1. The Kier molecular flexibility index (Phi) is 5.11. The van der Waals surface area contributed by atoms with Crippen LogP contribution >= 0.6 is 0 Å². The quantitative estimate of drug-likeness (QED) is 0.732. The fourth-order valence-electron chi connectivity index (χ4n) is 3.66. The smallest absolute Gasteiger partial charge is 0.225 e. The Morgan fingerprint density at radius 1 is 1.11 bits per heavy atom. The second-order valence-electron chi connectivity index (χ2n) is 7.44. The summed E-state index contributed by atoms with van der Waals surface area (Å²) in [5.74, 6) is 0.931. The fraction of sp³-hybridized carbons (Fsp3) is 0.250. The molecule has 3 aromatic rings. The van der Waals surface area contributed by atoms with Gasteiger partial charge in [0.15, 0.2) is 0 Å². The molecule has 0 bridgehead atoms. The van der Waals surface area contributed by atoms with Gasteiger partial charge in [0.25, 0.3) is 0 Å². The number of aromatic nitrogens is 1. The van der Waals surface area contributed by atoms with E-state index in [1.54, 1.807) is 12.4 Å². The summed E-state index contributed by atoms with van der Waals surface area (Å²) in [7, 11) is 0. The van der Waals surface area contributed by atoms with Crippen molar-refractivity contribution in [2.75, 3.05) is 0 Å². The van der Waals surface area contributed by atoms with Crippen molar-refractivity contribution in [3.8, 4) is 5.75 Å². The van der Waals surface area contributed by atoms with E-state index in [2.05, 4.69) is 54.5 Å². The zero-order valence-electron chi connectivity index (χ0n) is 16.2. The number of nitrogens with zero attached hydrogens (tertiary/aromatic N) is 1. The number of hydrogen-bond acceptors (Lipinski definition) is 3. The van der Waals surface area contributed by atoms with Gasteiger partial charge in [0.1, 0.15) is 11.9 Å². The van der Waals surface area contributed by atoms with Gasteiger partial charge in [-0.2, -0.15) is 0 Å². The van der Waals surface area contributed by atoms with Gasteiger partial charge >= 0.3 is 0 Å². The molecule has 142 valence electrons. The molecule has 0 saturated carbocycles. The number of rotatable bonds is 5. The van der Waals surface area contributed by atoms with E-state index in [4.69, 9.17) is 4.74 Å². The predicted octanol–water partition coefficient (Wildman–Crippen LogP) is 4.16. The molecule has 1 aliphatic rings. The number of pyridine rings is 1. The summed E-state index contributed by atoms with van der Waals surface area (Å²) in [6, 6.07) is 18.0. The third kappa shape index (κ3) is 4.06. The Morgan fingerprint density at radius 2 is 1.82 bits per heavy atom. The summed E-state index contributed by atoms with van der Waals surface area (Å²) < 4.78 is 5.75. The number of benzene rings is 2. The molecule has 2 unspecified atom stereocenters. The number of carbonyl (C=O) groups is 1. The topological polar surface area (TPSA) is 51.2 Å². The first-order valence-corrected chi connectivity index (χ1v) is 9.63. The zero-order chi connectivity index (χ0) is 19.5. The van der Waals surface area contributed by atoms with E-state index in [0.717, 1.165) is 28.9 Å². The molecule has 0 radical (unpaired) electrons. The Bertz CT molecular complexity index is 968. The minimum atomic E-state index is -0.200. The summed E-state index contributed by atoms with van der Waals surface area (Å²) in [6.07, 6.45) is 4.95. The normalized spacial score (nSPS) is 16.1. The van der Waals surface area contributed by atoms with Crippen LogP contribution in [0.4, 0.5) is 0 Å². The minimum absolute atomic E-state index is 0.00528. The van der Waals surface area contributed by atoms with Crippen LogP contribution in [0.3, 0.4) is 0 Å². The number of carbonyl (C=O) groups excluding carboxylic acids is 1. The van der Waals surface area contributed by atoms with Gasteiger partial charge in [-0.15, -0.1) is 0 Å². The van der Waals surface area contributed by atoms with E-state index in [0.29, 0.717) is 6.42 Å². The van der Waals surface area contributed by atoms with Crippen LogP contribution in [0.2, 0.25) is 0 Å². The van der Waals surface area contributed by atoms with Crippen molar-refractivity contribution in [1.29, 1.82) is 0 Å². The molecule has 4 nitrogen and oxygen atoms in total. The highest BCUT2D eigenvalue weighted by molar-refractivity contribution is 5.79. The maximum atomic E-state index is 12.8. The molecule has 2 atom stereocenters. The van der Waals surface area contributed by atoms with Crippen molar-refractivity contribution in [3.05, 3.63) is 94.8 Å². The molecule has 0 aliphatic carbocycles. The molecule has 1 aromatic heterocycles. The molecule has 1 aliphatic heterocycles. The molecule has 2 heterocycles. The third-order valence-corrected chi connectivity index (χ3v) is 5.08. The summed E-state index contributed by atoms with van der Waals surface area (Å²) in [6.45, 7) is 4.12. The number of fused-ring (bicyclic) bond motifs is 1. The Labute approximate surface area is 165 Å². The number of hydrogen-bond donors (Lipinski definition) is 1. The molecule has 2 aromatic carbocycles. The number of aryl methyl sites for hydroxylation is 1. The molecule has 0 fully saturated rings. The van der Waals surface area contributed by atoms with Crippen LogP contribution in [0.15, 0.2) is 67.0 Å². The first-order valence-electron chi connectivity index (χ1n) is 9.63. The van der Waals surface area contributed by atoms with Crippen molar-refractivity contribution in [3.63, 3.8) is 0 Å². The first-order chi connectivity index (χ1) is 13.6. The van der Waals surface area contributed by atoms with Crippen LogP contribution < -0.4 is 10.1 Å². The molecule has 1 amide bonds. The average molecular weight is 372 g/mol. The van der Waals surface area contributed by atoms with Crippen LogP contribution in [0.1, 0.15) is 40.8 Å². The molecule has 4 rings (SSSR count). The predicted molar refractivity (Wildman–Crippen MR) is 109 cm³/mol. The van der Waals surface area contributed by atoms with Gasteiger partial charge in [-0.3, -0.25) is 9.78 Å². The summed E-state index contributed by atoms with van der Waals surface area (Å²) in [4.78, 5) is 16.9. The highest BCUT2D eigenvalue weighted by atomic mass is 16.5. The van der Waals surface area contributed by atoms with Crippen molar-refractivity contribution < 1.29 is 9.53 Å². The van der Waals surface area contributed by atoms with Crippen molar-refractivity contribution in [2.45, 2.75) is 38.8 Å². The lowest BCUT2D eigenvalue weighted by Crippen LogP contribution is -2.30. The van der Waals surface area contributed by atoms with E-state index in [1.165, 1.54) is 11.1 Å². The molecule has 0 saturated heterocycles. The lowest BCUT2D eigenvalue weighted by atomic mass is 9.98. The van der Waals surface area contributed by atoms with Gasteiger partial charge in [-0.05, 0) is 54.3 Å². The first kappa shape index (κ1) is 18.2. The van der Waals surface area contributed by atoms with Crippen molar-refractivity contribution in [2.24, 2.45) is 0 Å². The van der Waals surface area contributed by atoms with E-state index < -0.39 is 0 Å². The van der Waals surface area contributed by atoms with Crippen LogP contribution in [0.5, 0.6) is 5.75 Å². The maximum Gasteiger partial charge on any atom is 0.225 e. The molecule has 28 heavy (non-hydrogen) atoms. The number of amides is 1. The van der Waals surface area contributed by atoms with Gasteiger partial charge in [-0.25, -0.2) is 0 Å². The van der Waals surface area contributed by atoms with Crippen LogP contribution in [0.25, 0.3) is 0 Å². The summed E-state index contributed by atoms with van der Waals surface area (Å²) in [5.41, 5.74) is 5.45. The SMILES string of the molecule is Cc1ccc(C(NC(=O)Cc2ccc3c(c2)CC(C)O3)c2ccncc2)cc1. The summed E-state index contributed by atoms with van der Waals surface area (Å²) >= 11 is 0. The minimum Gasteiger partial charge on any atom is -0.490 e. The molecule has 4 heteroatoms. The Balaban J connectivity index is 1.53. The second-order valence-corrected chi connectivity index (χ2v) is 7.44. The van der Waals surface area contributed by atoms with E-state index in [-0.39, 0.29) is 18.1 Å². The van der Waals surface area contributed by atoms with Gasteiger partial charge in [0, 0.05) is 18.8 Å². The second kappa shape index (κ2) is 7.85. The molecular weight excluding hydrogens is 348 g/mol. The highest BCUT2D eigenvalue weighted by Gasteiger charge is 2.21. The lowest BCUT2D eigenvalue weighted by molar-refractivity contribution is -0.120. The maximum absolute atomic E-state index is 12.8. The Morgan fingerprint density at radius 3 is 2.57 bits per heavy atom. The van der Waals surface area contributed by atoms with Gasteiger partial charge in [-0.1, -0.05) is 42.0 Å². The molecular formula is C24H24N2O2. The molecule has 0 spiro atoms. The molecule has 1 N–H and O–H groups in total. The van der Waals surface area contributed by atoms with Crippen LogP contribution in [0, 0.1) is 6.92 Å². The van der Waals surface area contributed by atoms with E-state index in [1.807, 2.05) is 24.3 Å². The lowest BCUT2D eigenvalue weighted by Gasteiger charge is -2.20. The van der Waals surface area contributed by atoms with Gasteiger partial charge in [0.2, 0.25) is 5.91 Å². The monoisotopic (exact) mass is 372 g/mol. The standard InChI is InChI=1S/C24H24N2O2/c1-16-3-6-19(7-4-16)24(20-9-11-25-12-10-20)26-23(27)15-18-5-8-22-21(14-18)13-17(2)28-22/h3-12,14,17,24H,13,15H2,1-2H3,(H,26,27). The zero-order valence-corrected chi connectivity index (χ0v) is 16.2. The average Bonchev–Trinajstić information content (AvgIpc) is 3.07. The van der Waals surface area contributed by atoms with Gasteiger partial charge < -0.3 is 10.1 Å². The number of nitrogens with one attached hydrogen (secondary N) is 1. The highest BCUT2D eigenvalue weighted by Crippen LogP contribution is 2.29. The largest absolute Gasteiger partial charge is 0.490 e. The van der Waals surface area contributed by atoms with E-state index >= 15 is 0 Å². The van der Waals surface area contributed by atoms with Crippen LogP contribution in [-0.4, -0.2) is 17.0 Å². The van der Waals surface area contributed by atoms with Gasteiger partial charge in [0.05, 0.1) is 12.5 Å². The van der Waals surface area contributed by atoms with Crippen molar-refractivity contribution in [1.82, 2.24) is 10.3 Å². The Hall–Kier alpha value is -3.14. The van der Waals surface area contributed by atoms with E-state index in [9.17, 15) is 4.79 Å². The van der Waals surface area contributed by atoms with Crippen LogP contribution in [-0.2, 0) is 17.6 Å². The fourth-order valence-corrected chi connectivity index (χ4v) is 3.66. The van der Waals surface area contributed by atoms with Crippen molar-refractivity contribution >= 4 is 5.91 Å². The summed E-state index contributed by atoms with van der Waals surface area (Å²) in [5, 5.41) is 3.20.